The number of hydrogen-bond donors (Lipinski definition) is 3. The highest BCUT2D eigenvalue weighted by Crippen LogP contribution is 2.22. The van der Waals surface area contributed by atoms with Crippen LogP contribution in [0.2, 0.25) is 0 Å². The molecule has 0 aliphatic carbocycles. The van der Waals surface area contributed by atoms with Gasteiger partial charge in [-0.2, -0.15) is 0 Å². The molecule has 3 N–H and O–H groups in total. The molecule has 6 heteroatoms. The van der Waals surface area contributed by atoms with Crippen molar-refractivity contribution in [2.75, 3.05) is 5.32 Å². The van der Waals surface area contributed by atoms with Gasteiger partial charge in [0.1, 0.15) is 6.04 Å². The second-order valence-corrected chi connectivity index (χ2v) is 6.51. The number of pyridine rings is 1. The van der Waals surface area contributed by atoms with Gasteiger partial charge in [-0.15, -0.1) is 0 Å². The third-order valence-electron chi connectivity index (χ3n) is 4.45. The van der Waals surface area contributed by atoms with Crippen molar-refractivity contribution in [2.24, 2.45) is 0 Å². The van der Waals surface area contributed by atoms with Crippen LogP contribution in [0.25, 0.3) is 0 Å². The normalized spacial score (nSPS) is 11.5. The molecule has 3 rings (SSSR count). The highest BCUT2D eigenvalue weighted by atomic mass is 16.2. The van der Waals surface area contributed by atoms with Crippen molar-refractivity contribution in [3.05, 3.63) is 99.5 Å². The fraction of sp³-hybridized carbons (Fsp3) is 0.136. The molecule has 28 heavy (non-hydrogen) atoms. The average molecular weight is 375 g/mol. The number of aromatic amines is 1. The number of amides is 2. The van der Waals surface area contributed by atoms with E-state index in [2.05, 4.69) is 15.6 Å². The minimum absolute atomic E-state index is 0.264. The van der Waals surface area contributed by atoms with E-state index in [0.717, 1.165) is 16.8 Å². The molecule has 0 saturated carbocycles. The summed E-state index contributed by atoms with van der Waals surface area (Å²) in [5.74, 6) is -0.803. The molecule has 142 valence electrons. The molecule has 0 saturated heterocycles. The van der Waals surface area contributed by atoms with Crippen LogP contribution in [0.4, 0.5) is 5.69 Å². The van der Waals surface area contributed by atoms with E-state index in [-0.39, 0.29) is 17.0 Å². The summed E-state index contributed by atoms with van der Waals surface area (Å²) in [6.45, 7) is 3.83. The number of rotatable bonds is 5. The van der Waals surface area contributed by atoms with E-state index in [4.69, 9.17) is 0 Å². The number of aromatic nitrogens is 1. The minimum Gasteiger partial charge on any atom is -0.336 e. The summed E-state index contributed by atoms with van der Waals surface area (Å²) in [6.07, 6.45) is 1.32. The van der Waals surface area contributed by atoms with Gasteiger partial charge in [0.05, 0.1) is 5.56 Å². The lowest BCUT2D eigenvalue weighted by atomic mass is 10.0. The number of benzene rings is 2. The molecule has 0 fully saturated rings. The molecule has 0 radical (unpaired) electrons. The Kier molecular flexibility index (Phi) is 5.69. The lowest BCUT2D eigenvalue weighted by molar-refractivity contribution is -0.118. The number of H-pyrrole nitrogens is 1. The fourth-order valence-electron chi connectivity index (χ4n) is 2.92. The van der Waals surface area contributed by atoms with Gasteiger partial charge < -0.3 is 15.6 Å². The summed E-state index contributed by atoms with van der Waals surface area (Å²) >= 11 is 0. The Morgan fingerprint density at radius 1 is 0.893 bits per heavy atom. The van der Waals surface area contributed by atoms with Crippen molar-refractivity contribution >= 4 is 17.5 Å². The van der Waals surface area contributed by atoms with Gasteiger partial charge in [0.25, 0.3) is 11.8 Å². The zero-order chi connectivity index (χ0) is 20.1. The van der Waals surface area contributed by atoms with Crippen molar-refractivity contribution in [3.8, 4) is 0 Å². The quantitative estimate of drug-likeness (QED) is 0.640. The van der Waals surface area contributed by atoms with Crippen LogP contribution in [0.5, 0.6) is 0 Å². The van der Waals surface area contributed by atoms with Gasteiger partial charge in [0.2, 0.25) is 5.56 Å². The van der Waals surface area contributed by atoms with Crippen LogP contribution >= 0.6 is 0 Å². The predicted octanol–water partition coefficient (Wildman–Crippen LogP) is 3.10. The van der Waals surface area contributed by atoms with Gasteiger partial charge in [-0.3, -0.25) is 14.4 Å². The third-order valence-corrected chi connectivity index (χ3v) is 4.45. The first-order chi connectivity index (χ1) is 13.5. The molecule has 1 unspecified atom stereocenters. The number of carbonyl (C=O) groups is 2. The molecular formula is C22H21N3O3. The van der Waals surface area contributed by atoms with Crippen LogP contribution in [0, 0.1) is 13.8 Å². The maximum absolute atomic E-state index is 13.1. The van der Waals surface area contributed by atoms with Gasteiger partial charge in [-0.05, 0) is 36.6 Å². The van der Waals surface area contributed by atoms with E-state index >= 15 is 0 Å². The molecular weight excluding hydrogens is 354 g/mol. The van der Waals surface area contributed by atoms with Crippen LogP contribution in [0.15, 0.2) is 71.7 Å². The van der Waals surface area contributed by atoms with Crippen molar-refractivity contribution < 1.29 is 9.59 Å². The van der Waals surface area contributed by atoms with E-state index in [0.29, 0.717) is 5.56 Å². The van der Waals surface area contributed by atoms with Crippen LogP contribution in [-0.2, 0) is 4.79 Å². The Balaban J connectivity index is 1.89. The topological polar surface area (TPSA) is 91.1 Å². The standard InChI is InChI=1S/C22H21N3O3/c1-14-7-6-8-15(2)19(14)24-22(28)20(16-9-4-3-5-10-16)25-21(27)17-11-12-18(26)23-13-17/h3-13,20H,1-2H3,(H,23,26)(H,24,28)(H,25,27). The van der Waals surface area contributed by atoms with E-state index in [1.54, 1.807) is 24.3 Å². The summed E-state index contributed by atoms with van der Waals surface area (Å²) in [4.78, 5) is 39.3. The third kappa shape index (κ3) is 4.35. The van der Waals surface area contributed by atoms with Crippen molar-refractivity contribution in [2.45, 2.75) is 19.9 Å². The molecule has 2 amide bonds. The summed E-state index contributed by atoms with van der Waals surface area (Å²) in [5, 5.41) is 5.69. The average Bonchev–Trinajstić information content (AvgIpc) is 2.70. The summed E-state index contributed by atoms with van der Waals surface area (Å²) in [5.41, 5.74) is 3.22. The first-order valence-electron chi connectivity index (χ1n) is 8.87. The highest BCUT2D eigenvalue weighted by molar-refractivity contribution is 6.02. The van der Waals surface area contributed by atoms with Crippen LogP contribution in [0.1, 0.15) is 33.1 Å². The Labute approximate surface area is 162 Å². The Morgan fingerprint density at radius 2 is 1.57 bits per heavy atom. The second kappa shape index (κ2) is 8.35. The first-order valence-corrected chi connectivity index (χ1v) is 8.87. The number of nitrogens with one attached hydrogen (secondary N) is 3. The van der Waals surface area contributed by atoms with Crippen LogP contribution < -0.4 is 16.2 Å². The van der Waals surface area contributed by atoms with Gasteiger partial charge in [0, 0.05) is 18.0 Å². The summed E-state index contributed by atoms with van der Waals surface area (Å²) in [7, 11) is 0. The highest BCUT2D eigenvalue weighted by Gasteiger charge is 2.24. The fourth-order valence-corrected chi connectivity index (χ4v) is 2.92. The number of carbonyl (C=O) groups excluding carboxylic acids is 2. The molecule has 0 aliphatic heterocycles. The molecule has 0 bridgehead atoms. The Morgan fingerprint density at radius 3 is 2.18 bits per heavy atom. The smallest absolute Gasteiger partial charge is 0.253 e. The zero-order valence-corrected chi connectivity index (χ0v) is 15.7. The van der Waals surface area contributed by atoms with Gasteiger partial charge >= 0.3 is 0 Å². The summed E-state index contributed by atoms with van der Waals surface area (Å²) < 4.78 is 0. The molecule has 0 spiro atoms. The van der Waals surface area contributed by atoms with E-state index in [9.17, 15) is 14.4 Å². The molecule has 1 heterocycles. The van der Waals surface area contributed by atoms with E-state index in [1.807, 2.05) is 38.1 Å². The van der Waals surface area contributed by atoms with Crippen molar-refractivity contribution in [3.63, 3.8) is 0 Å². The van der Waals surface area contributed by atoms with Gasteiger partial charge in [-0.1, -0.05) is 48.5 Å². The zero-order valence-electron chi connectivity index (χ0n) is 15.7. The van der Waals surface area contributed by atoms with Gasteiger partial charge in [0.15, 0.2) is 0 Å². The molecule has 3 aromatic rings. The molecule has 2 aromatic carbocycles. The molecule has 0 aliphatic rings. The lowest BCUT2D eigenvalue weighted by Crippen LogP contribution is -2.37. The monoisotopic (exact) mass is 375 g/mol. The van der Waals surface area contributed by atoms with Crippen LogP contribution in [0.3, 0.4) is 0 Å². The van der Waals surface area contributed by atoms with Gasteiger partial charge in [-0.25, -0.2) is 0 Å². The SMILES string of the molecule is Cc1cccc(C)c1NC(=O)C(NC(=O)c1ccc(=O)[nH]c1)c1ccccc1. The maximum atomic E-state index is 13.1. The minimum atomic E-state index is -0.889. The maximum Gasteiger partial charge on any atom is 0.253 e. The van der Waals surface area contributed by atoms with E-state index < -0.39 is 11.9 Å². The number of hydrogen-bond acceptors (Lipinski definition) is 3. The van der Waals surface area contributed by atoms with E-state index in [1.165, 1.54) is 18.3 Å². The first kappa shape index (κ1) is 19.1. The second-order valence-electron chi connectivity index (χ2n) is 6.51. The van der Waals surface area contributed by atoms with Crippen molar-refractivity contribution in [1.82, 2.24) is 10.3 Å². The Hall–Kier alpha value is -3.67. The lowest BCUT2D eigenvalue weighted by Gasteiger charge is -2.20. The Bertz CT molecular complexity index is 1020. The molecule has 6 nitrogen and oxygen atoms in total. The summed E-state index contributed by atoms with van der Waals surface area (Å²) in [6, 6.07) is 16.6. The number of aryl methyl sites for hydroxylation is 2. The molecule has 1 atom stereocenters. The number of para-hydroxylation sites is 1. The largest absolute Gasteiger partial charge is 0.336 e. The molecule has 1 aromatic heterocycles. The van der Waals surface area contributed by atoms with Crippen LogP contribution in [-0.4, -0.2) is 16.8 Å². The number of anilines is 1. The van der Waals surface area contributed by atoms with Crippen molar-refractivity contribution in [1.29, 1.82) is 0 Å². The predicted molar refractivity (Wildman–Crippen MR) is 108 cm³/mol.